The number of esters is 1. The van der Waals surface area contributed by atoms with Gasteiger partial charge in [-0.25, -0.2) is 9.59 Å². The van der Waals surface area contributed by atoms with Gasteiger partial charge in [0.2, 0.25) is 12.7 Å². The highest BCUT2D eigenvalue weighted by Gasteiger charge is 2.55. The smallest absolute Gasteiger partial charge is 0.427 e. The Morgan fingerprint density at radius 2 is 1.78 bits per heavy atom. The van der Waals surface area contributed by atoms with Crippen molar-refractivity contribution < 1.29 is 47.3 Å². The molecule has 0 aliphatic carbocycles. The molecule has 2 amide bonds. The fraction of sp³-hybridized carbons (Fsp3) is 0.583. The summed E-state index contributed by atoms with van der Waals surface area (Å²) >= 11 is 0. The fourth-order valence-electron chi connectivity index (χ4n) is 1.38. The van der Waals surface area contributed by atoms with Gasteiger partial charge in [0.1, 0.15) is 6.42 Å². The van der Waals surface area contributed by atoms with Crippen LogP contribution in [0.3, 0.4) is 0 Å². The molecule has 0 spiro atoms. The van der Waals surface area contributed by atoms with Gasteiger partial charge in [0.15, 0.2) is 0 Å². The summed E-state index contributed by atoms with van der Waals surface area (Å²) in [4.78, 5) is 55.8. The standard InChI is InChI=1S/C12H14FNO9/c1-11(2,3)8(17)20-5-21-10(19)23-12(22-9(13)18)4-6(15)14-7(12)16/h4-5H2,1-3H3,(H,14,15,16). The van der Waals surface area contributed by atoms with Gasteiger partial charge < -0.3 is 18.9 Å². The van der Waals surface area contributed by atoms with Gasteiger partial charge in [-0.3, -0.25) is 19.7 Å². The number of nitrogens with one attached hydrogen (secondary N) is 1. The number of ether oxygens (including phenoxy) is 4. The van der Waals surface area contributed by atoms with Crippen LogP contribution in [0.2, 0.25) is 0 Å². The van der Waals surface area contributed by atoms with Crippen molar-refractivity contribution in [2.75, 3.05) is 6.79 Å². The van der Waals surface area contributed by atoms with Gasteiger partial charge in [0.05, 0.1) is 5.41 Å². The Labute approximate surface area is 129 Å². The minimum atomic E-state index is -2.80. The molecule has 1 aliphatic heterocycles. The molecule has 1 N–H and O–H groups in total. The van der Waals surface area contributed by atoms with Crippen LogP contribution in [0.15, 0.2) is 0 Å². The van der Waals surface area contributed by atoms with E-state index in [9.17, 15) is 28.4 Å². The van der Waals surface area contributed by atoms with E-state index in [1.807, 2.05) is 0 Å². The molecule has 1 heterocycles. The van der Waals surface area contributed by atoms with Crippen molar-refractivity contribution in [3.05, 3.63) is 0 Å². The second-order valence-electron chi connectivity index (χ2n) is 5.44. The lowest BCUT2D eigenvalue weighted by Crippen LogP contribution is -2.46. The molecule has 1 atom stereocenters. The first-order chi connectivity index (χ1) is 10.5. The van der Waals surface area contributed by atoms with E-state index in [0.717, 1.165) is 0 Å². The first-order valence-electron chi connectivity index (χ1n) is 6.22. The number of carbonyl (C=O) groups is 5. The van der Waals surface area contributed by atoms with Crippen molar-refractivity contribution in [3.8, 4) is 0 Å². The first kappa shape index (κ1) is 18.3. The van der Waals surface area contributed by atoms with Crippen LogP contribution in [-0.4, -0.2) is 42.7 Å². The van der Waals surface area contributed by atoms with Crippen molar-refractivity contribution in [1.82, 2.24) is 5.32 Å². The highest BCUT2D eigenvalue weighted by molar-refractivity contribution is 6.08. The van der Waals surface area contributed by atoms with E-state index in [1.54, 1.807) is 26.1 Å². The number of hydrogen-bond donors (Lipinski definition) is 1. The fourth-order valence-corrected chi connectivity index (χ4v) is 1.38. The molecule has 128 valence electrons. The number of hydrogen-bond acceptors (Lipinski definition) is 9. The van der Waals surface area contributed by atoms with Gasteiger partial charge in [-0.2, -0.15) is 0 Å². The molecule has 1 rings (SSSR count). The summed E-state index contributed by atoms with van der Waals surface area (Å²) in [5, 5.41) is 1.67. The van der Waals surface area contributed by atoms with Crippen LogP contribution in [-0.2, 0) is 33.3 Å². The van der Waals surface area contributed by atoms with Crippen LogP contribution in [0.5, 0.6) is 0 Å². The molecule has 10 nitrogen and oxygen atoms in total. The maximum atomic E-state index is 12.4. The van der Waals surface area contributed by atoms with Gasteiger partial charge >= 0.3 is 30.0 Å². The average Bonchev–Trinajstić information content (AvgIpc) is 2.61. The van der Waals surface area contributed by atoms with Crippen LogP contribution < -0.4 is 5.32 Å². The van der Waals surface area contributed by atoms with Crippen LogP contribution in [0.4, 0.5) is 14.0 Å². The van der Waals surface area contributed by atoms with Crippen molar-refractivity contribution >= 4 is 30.2 Å². The number of carbonyl (C=O) groups excluding carboxylic acids is 5. The molecule has 0 bridgehead atoms. The molecule has 0 aromatic carbocycles. The Morgan fingerprint density at radius 3 is 2.22 bits per heavy atom. The Kier molecular flexibility index (Phi) is 5.25. The Bertz CT molecular complexity index is 553. The minimum absolute atomic E-state index is 0.691. The van der Waals surface area contributed by atoms with E-state index < -0.39 is 54.6 Å². The topological polar surface area (TPSA) is 134 Å². The summed E-state index contributed by atoms with van der Waals surface area (Å²) in [6.07, 6.45) is -4.99. The number of amides is 2. The summed E-state index contributed by atoms with van der Waals surface area (Å²) in [5.41, 5.74) is -0.851. The first-order valence-corrected chi connectivity index (χ1v) is 6.22. The van der Waals surface area contributed by atoms with Crippen molar-refractivity contribution in [3.63, 3.8) is 0 Å². The summed E-state index contributed by atoms with van der Waals surface area (Å²) in [7, 11) is 0. The molecular formula is C12H14FNO9. The van der Waals surface area contributed by atoms with Crippen molar-refractivity contribution in [2.24, 2.45) is 5.41 Å². The third-order valence-electron chi connectivity index (χ3n) is 2.46. The van der Waals surface area contributed by atoms with Crippen molar-refractivity contribution in [1.29, 1.82) is 0 Å². The lowest BCUT2D eigenvalue weighted by molar-refractivity contribution is -0.193. The van der Waals surface area contributed by atoms with E-state index in [0.29, 0.717) is 0 Å². The van der Waals surface area contributed by atoms with Gasteiger partial charge in [0.25, 0.3) is 0 Å². The molecule has 1 saturated heterocycles. The molecule has 1 aliphatic rings. The average molecular weight is 335 g/mol. The molecule has 0 radical (unpaired) electrons. The third kappa shape index (κ3) is 4.90. The Hall–Kier alpha value is -2.72. The zero-order valence-corrected chi connectivity index (χ0v) is 12.5. The van der Waals surface area contributed by atoms with E-state index >= 15 is 0 Å². The van der Waals surface area contributed by atoms with Gasteiger partial charge in [0, 0.05) is 0 Å². The molecule has 1 unspecified atom stereocenters. The Balaban J connectivity index is 2.62. The summed E-state index contributed by atoms with van der Waals surface area (Å²) in [6.45, 7) is 3.80. The number of rotatable bonds is 4. The zero-order chi connectivity index (χ0) is 17.8. The molecule has 1 fully saturated rings. The Morgan fingerprint density at radius 1 is 1.17 bits per heavy atom. The van der Waals surface area contributed by atoms with Crippen molar-refractivity contribution in [2.45, 2.75) is 33.0 Å². The molecule has 0 aromatic heterocycles. The molecule has 0 aromatic rings. The van der Waals surface area contributed by atoms with E-state index in [1.165, 1.54) is 0 Å². The van der Waals surface area contributed by atoms with Gasteiger partial charge in [-0.1, -0.05) is 0 Å². The zero-order valence-electron chi connectivity index (χ0n) is 12.5. The summed E-state index contributed by atoms with van der Waals surface area (Å²) < 4.78 is 29.7. The number of imide groups is 1. The van der Waals surface area contributed by atoms with E-state index in [-0.39, 0.29) is 0 Å². The summed E-state index contributed by atoms with van der Waals surface area (Å²) in [5.74, 6) is -5.79. The normalized spacial score (nSPS) is 20.5. The van der Waals surface area contributed by atoms with Crippen LogP contribution in [0.1, 0.15) is 27.2 Å². The predicted octanol–water partition coefficient (Wildman–Crippen LogP) is 0.535. The van der Waals surface area contributed by atoms with Crippen LogP contribution in [0, 0.1) is 5.41 Å². The lowest BCUT2D eigenvalue weighted by atomic mass is 9.98. The molecule has 23 heavy (non-hydrogen) atoms. The summed E-state index contributed by atoms with van der Waals surface area (Å²) in [6, 6.07) is 0. The van der Waals surface area contributed by atoms with Crippen LogP contribution >= 0.6 is 0 Å². The minimum Gasteiger partial charge on any atom is -0.427 e. The monoisotopic (exact) mass is 335 g/mol. The van der Waals surface area contributed by atoms with Crippen LogP contribution in [0.25, 0.3) is 0 Å². The van der Waals surface area contributed by atoms with Gasteiger partial charge in [-0.05, 0) is 20.8 Å². The maximum absolute atomic E-state index is 12.4. The van der Waals surface area contributed by atoms with E-state index in [4.69, 9.17) is 0 Å². The second kappa shape index (κ2) is 6.58. The largest absolute Gasteiger partial charge is 0.514 e. The maximum Gasteiger partial charge on any atom is 0.514 e. The lowest BCUT2D eigenvalue weighted by Gasteiger charge is -2.22. The highest BCUT2D eigenvalue weighted by atomic mass is 19.1. The number of halogens is 1. The molecular weight excluding hydrogens is 321 g/mol. The van der Waals surface area contributed by atoms with Gasteiger partial charge in [-0.15, -0.1) is 4.39 Å². The SMILES string of the molecule is CC(C)(C)C(=O)OCOC(=O)OC1(OC(=O)F)CC(=O)NC1=O. The predicted molar refractivity (Wildman–Crippen MR) is 66.1 cm³/mol. The second-order valence-corrected chi connectivity index (χ2v) is 5.44. The van der Waals surface area contributed by atoms with E-state index in [2.05, 4.69) is 18.9 Å². The highest BCUT2D eigenvalue weighted by Crippen LogP contribution is 2.25. The quantitative estimate of drug-likeness (QED) is 0.338. The third-order valence-corrected chi connectivity index (χ3v) is 2.46. The molecule has 0 saturated carbocycles. The molecule has 11 heteroatoms.